The van der Waals surface area contributed by atoms with Crippen LogP contribution in [0.2, 0.25) is 0 Å². The van der Waals surface area contributed by atoms with Gasteiger partial charge in [-0.3, -0.25) is 0 Å². The predicted molar refractivity (Wildman–Crippen MR) is 62.0 cm³/mol. The molecule has 0 bridgehead atoms. The highest BCUT2D eigenvalue weighted by Crippen LogP contribution is 2.29. The molecular formula is C9H16BrN5. The number of aryl methyl sites for hydroxylation is 1. The van der Waals surface area contributed by atoms with Gasteiger partial charge in [0.2, 0.25) is 5.95 Å². The first-order valence-corrected chi connectivity index (χ1v) is 6.48. The van der Waals surface area contributed by atoms with E-state index < -0.39 is 0 Å². The van der Waals surface area contributed by atoms with Crippen molar-refractivity contribution >= 4 is 21.9 Å². The highest BCUT2D eigenvalue weighted by atomic mass is 79.9. The maximum atomic E-state index is 3.94. The third-order valence-electron chi connectivity index (χ3n) is 3.07. The summed E-state index contributed by atoms with van der Waals surface area (Å²) in [7, 11) is 1.85. The van der Waals surface area contributed by atoms with E-state index in [1.54, 1.807) is 4.68 Å². The van der Waals surface area contributed by atoms with Crippen molar-refractivity contribution in [3.63, 3.8) is 0 Å². The van der Waals surface area contributed by atoms with Gasteiger partial charge in [0.15, 0.2) is 0 Å². The van der Waals surface area contributed by atoms with Gasteiger partial charge in [0.1, 0.15) is 0 Å². The zero-order chi connectivity index (χ0) is 10.7. The highest BCUT2D eigenvalue weighted by Gasteiger charge is 2.25. The number of rotatable bonds is 4. The molecule has 0 amide bonds. The summed E-state index contributed by atoms with van der Waals surface area (Å²) in [5.41, 5.74) is 0. The van der Waals surface area contributed by atoms with Crippen molar-refractivity contribution in [2.45, 2.75) is 31.7 Å². The maximum absolute atomic E-state index is 3.94. The molecule has 6 heteroatoms. The molecule has 2 rings (SSSR count). The molecule has 15 heavy (non-hydrogen) atoms. The fraction of sp³-hybridized carbons (Fsp3) is 0.889. The molecule has 0 aromatic carbocycles. The smallest absolute Gasteiger partial charge is 0.242 e. The molecule has 1 atom stereocenters. The van der Waals surface area contributed by atoms with Gasteiger partial charge in [0.05, 0.1) is 0 Å². The first kappa shape index (κ1) is 10.9. The molecule has 5 nitrogen and oxygen atoms in total. The van der Waals surface area contributed by atoms with Crippen LogP contribution in [0.5, 0.6) is 0 Å². The van der Waals surface area contributed by atoms with Gasteiger partial charge in [0.25, 0.3) is 0 Å². The first-order valence-electron chi connectivity index (χ1n) is 5.36. The van der Waals surface area contributed by atoms with E-state index in [1.807, 2.05) is 7.05 Å². The van der Waals surface area contributed by atoms with Gasteiger partial charge in [-0.15, -0.1) is 0 Å². The van der Waals surface area contributed by atoms with E-state index >= 15 is 0 Å². The molecule has 0 radical (unpaired) electrons. The summed E-state index contributed by atoms with van der Waals surface area (Å²) in [6.07, 6.45) is 5.34. The molecule has 0 aliphatic heterocycles. The maximum Gasteiger partial charge on any atom is 0.242 e. The normalized spacial score (nSPS) is 19.3. The van der Waals surface area contributed by atoms with E-state index in [2.05, 4.69) is 36.8 Å². The fourth-order valence-corrected chi connectivity index (χ4v) is 2.85. The van der Waals surface area contributed by atoms with E-state index in [1.165, 1.54) is 25.7 Å². The predicted octanol–water partition coefficient (Wildman–Crippen LogP) is 1.58. The Hall–Kier alpha value is -0.650. The minimum Gasteiger partial charge on any atom is -0.349 e. The van der Waals surface area contributed by atoms with Gasteiger partial charge >= 0.3 is 0 Å². The first-order chi connectivity index (χ1) is 7.31. The number of aromatic nitrogens is 4. The summed E-state index contributed by atoms with van der Waals surface area (Å²) in [6, 6.07) is 0.442. The average molecular weight is 274 g/mol. The van der Waals surface area contributed by atoms with E-state index in [0.29, 0.717) is 6.04 Å². The Bertz CT molecular complexity index is 307. The molecule has 1 aromatic rings. The third kappa shape index (κ3) is 2.48. The molecular weight excluding hydrogens is 258 g/mol. The van der Waals surface area contributed by atoms with Crippen LogP contribution in [0.25, 0.3) is 0 Å². The molecule has 1 aromatic heterocycles. The van der Waals surface area contributed by atoms with E-state index in [9.17, 15) is 0 Å². The second kappa shape index (κ2) is 4.92. The minimum atomic E-state index is 0.442. The van der Waals surface area contributed by atoms with Crippen molar-refractivity contribution in [2.24, 2.45) is 13.0 Å². The van der Waals surface area contributed by atoms with Crippen molar-refractivity contribution < 1.29 is 0 Å². The molecule has 1 unspecified atom stereocenters. The van der Waals surface area contributed by atoms with Crippen LogP contribution in [0.15, 0.2) is 0 Å². The molecule has 1 heterocycles. The lowest BCUT2D eigenvalue weighted by Crippen LogP contribution is -2.30. The fourth-order valence-electron chi connectivity index (χ4n) is 2.16. The standard InChI is InChI=1S/C9H16BrN5/c1-15-9(12-13-14-15)11-8(6-10)7-4-2-3-5-7/h7-8H,2-6H2,1H3,(H,11,12,14). The van der Waals surface area contributed by atoms with Crippen molar-refractivity contribution in [3.8, 4) is 0 Å². The Morgan fingerprint density at radius 1 is 1.53 bits per heavy atom. The van der Waals surface area contributed by atoms with Gasteiger partial charge in [-0.05, 0) is 29.2 Å². The quantitative estimate of drug-likeness (QED) is 0.847. The lowest BCUT2D eigenvalue weighted by molar-refractivity contribution is 0.484. The van der Waals surface area contributed by atoms with Gasteiger partial charge in [0, 0.05) is 18.4 Å². The van der Waals surface area contributed by atoms with Crippen LogP contribution in [0.4, 0.5) is 5.95 Å². The second-order valence-corrected chi connectivity index (χ2v) is 4.72. The van der Waals surface area contributed by atoms with Crippen molar-refractivity contribution in [3.05, 3.63) is 0 Å². The number of anilines is 1. The Balaban J connectivity index is 1.98. The average Bonchev–Trinajstić information content (AvgIpc) is 2.86. The van der Waals surface area contributed by atoms with Crippen LogP contribution in [0.1, 0.15) is 25.7 Å². The van der Waals surface area contributed by atoms with E-state index in [4.69, 9.17) is 0 Å². The van der Waals surface area contributed by atoms with Gasteiger partial charge in [-0.2, -0.15) is 0 Å². The van der Waals surface area contributed by atoms with Crippen LogP contribution < -0.4 is 5.32 Å². The molecule has 1 aliphatic rings. The largest absolute Gasteiger partial charge is 0.349 e. The van der Waals surface area contributed by atoms with Gasteiger partial charge in [-0.25, -0.2) is 4.68 Å². The van der Waals surface area contributed by atoms with Gasteiger partial charge in [-0.1, -0.05) is 33.9 Å². The molecule has 0 spiro atoms. The lowest BCUT2D eigenvalue weighted by atomic mass is 10.0. The number of alkyl halides is 1. The number of halogens is 1. The second-order valence-electron chi connectivity index (χ2n) is 4.08. The third-order valence-corrected chi connectivity index (χ3v) is 3.77. The topological polar surface area (TPSA) is 55.6 Å². The van der Waals surface area contributed by atoms with Crippen molar-refractivity contribution in [1.29, 1.82) is 0 Å². The molecule has 84 valence electrons. The Morgan fingerprint density at radius 2 is 2.27 bits per heavy atom. The van der Waals surface area contributed by atoms with E-state index in [-0.39, 0.29) is 0 Å². The Morgan fingerprint density at radius 3 is 2.80 bits per heavy atom. The summed E-state index contributed by atoms with van der Waals surface area (Å²) in [5, 5.41) is 15.7. The molecule has 1 fully saturated rings. The summed E-state index contributed by atoms with van der Waals surface area (Å²) >= 11 is 3.56. The minimum absolute atomic E-state index is 0.442. The van der Waals surface area contributed by atoms with Crippen molar-refractivity contribution in [1.82, 2.24) is 20.2 Å². The molecule has 1 aliphatic carbocycles. The summed E-state index contributed by atoms with van der Waals surface area (Å²) < 4.78 is 1.67. The zero-order valence-electron chi connectivity index (χ0n) is 8.86. The van der Waals surface area contributed by atoms with E-state index in [0.717, 1.165) is 17.2 Å². The lowest BCUT2D eigenvalue weighted by Gasteiger charge is -2.22. The van der Waals surface area contributed by atoms with Crippen LogP contribution in [-0.2, 0) is 7.05 Å². The Kier molecular flexibility index (Phi) is 3.56. The molecule has 1 saturated carbocycles. The highest BCUT2D eigenvalue weighted by molar-refractivity contribution is 9.09. The monoisotopic (exact) mass is 273 g/mol. The van der Waals surface area contributed by atoms with Crippen LogP contribution in [0.3, 0.4) is 0 Å². The molecule has 0 saturated heterocycles. The molecule has 1 N–H and O–H groups in total. The summed E-state index contributed by atoms with van der Waals surface area (Å²) in [6.45, 7) is 0. The number of hydrogen-bond acceptors (Lipinski definition) is 4. The number of nitrogens with one attached hydrogen (secondary N) is 1. The summed E-state index contributed by atoms with van der Waals surface area (Å²) in [5.74, 6) is 1.51. The zero-order valence-corrected chi connectivity index (χ0v) is 10.4. The number of tetrazole rings is 1. The van der Waals surface area contributed by atoms with Crippen LogP contribution in [0, 0.1) is 5.92 Å². The Labute approximate surface area is 97.7 Å². The van der Waals surface area contributed by atoms with Gasteiger partial charge < -0.3 is 5.32 Å². The van der Waals surface area contributed by atoms with Crippen molar-refractivity contribution in [2.75, 3.05) is 10.6 Å². The number of hydrogen-bond donors (Lipinski definition) is 1. The number of nitrogens with zero attached hydrogens (tertiary/aromatic N) is 4. The van der Waals surface area contributed by atoms with Crippen LogP contribution >= 0.6 is 15.9 Å². The summed E-state index contributed by atoms with van der Waals surface area (Å²) in [4.78, 5) is 0. The SMILES string of the molecule is Cn1nnnc1NC(CBr)C1CCCC1. The van der Waals surface area contributed by atoms with Crippen LogP contribution in [-0.4, -0.2) is 31.6 Å².